The first-order chi connectivity index (χ1) is 9.19. The molecular formula is C16H23N3. The zero-order valence-electron chi connectivity index (χ0n) is 11.9. The Kier molecular flexibility index (Phi) is 3.21. The van der Waals surface area contributed by atoms with Crippen LogP contribution in [0.2, 0.25) is 0 Å². The van der Waals surface area contributed by atoms with E-state index in [2.05, 4.69) is 41.6 Å². The van der Waals surface area contributed by atoms with E-state index in [4.69, 9.17) is 5.73 Å². The minimum Gasteiger partial charge on any atom is -0.369 e. The molecule has 1 aliphatic carbocycles. The summed E-state index contributed by atoms with van der Waals surface area (Å²) in [4.78, 5) is 4.53. The van der Waals surface area contributed by atoms with Gasteiger partial charge in [0.2, 0.25) is 5.95 Å². The van der Waals surface area contributed by atoms with Gasteiger partial charge < -0.3 is 10.3 Å². The summed E-state index contributed by atoms with van der Waals surface area (Å²) in [6.07, 6.45) is 6.44. The smallest absolute Gasteiger partial charge is 0.201 e. The van der Waals surface area contributed by atoms with E-state index < -0.39 is 0 Å². The predicted octanol–water partition coefficient (Wildman–Crippen LogP) is 4.07. The number of aromatic nitrogens is 2. The van der Waals surface area contributed by atoms with Crippen LogP contribution < -0.4 is 5.73 Å². The van der Waals surface area contributed by atoms with Crippen molar-refractivity contribution >= 4 is 17.0 Å². The van der Waals surface area contributed by atoms with E-state index in [1.54, 1.807) is 0 Å². The molecule has 102 valence electrons. The predicted molar refractivity (Wildman–Crippen MR) is 80.2 cm³/mol. The zero-order valence-corrected chi connectivity index (χ0v) is 11.9. The van der Waals surface area contributed by atoms with Crippen molar-refractivity contribution in [3.8, 4) is 0 Å². The topological polar surface area (TPSA) is 43.8 Å². The molecule has 1 aromatic carbocycles. The van der Waals surface area contributed by atoms with Gasteiger partial charge >= 0.3 is 0 Å². The van der Waals surface area contributed by atoms with Gasteiger partial charge in [0.15, 0.2) is 0 Å². The maximum Gasteiger partial charge on any atom is 0.201 e. The second kappa shape index (κ2) is 4.87. The van der Waals surface area contributed by atoms with Crippen molar-refractivity contribution in [2.75, 3.05) is 5.73 Å². The molecule has 0 bridgehead atoms. The largest absolute Gasteiger partial charge is 0.369 e. The Hall–Kier alpha value is -1.51. The van der Waals surface area contributed by atoms with Crippen LogP contribution in [0.4, 0.5) is 5.95 Å². The Bertz CT molecular complexity index is 577. The van der Waals surface area contributed by atoms with E-state index in [9.17, 15) is 0 Å². The quantitative estimate of drug-likeness (QED) is 0.881. The highest BCUT2D eigenvalue weighted by Gasteiger charge is 2.24. The van der Waals surface area contributed by atoms with Gasteiger partial charge in [-0.2, -0.15) is 0 Å². The Morgan fingerprint density at radius 2 is 2.00 bits per heavy atom. The van der Waals surface area contributed by atoms with Gasteiger partial charge in [-0.15, -0.1) is 0 Å². The molecule has 0 unspecified atom stereocenters. The maximum atomic E-state index is 6.15. The molecule has 1 aromatic heterocycles. The van der Waals surface area contributed by atoms with Gasteiger partial charge in [-0.3, -0.25) is 0 Å². The third-order valence-electron chi connectivity index (χ3n) is 4.63. The number of anilines is 1. The molecular weight excluding hydrogens is 234 g/mol. The molecule has 19 heavy (non-hydrogen) atoms. The average molecular weight is 257 g/mol. The minimum atomic E-state index is 0.538. The van der Waals surface area contributed by atoms with Crippen LogP contribution in [0.3, 0.4) is 0 Å². The lowest BCUT2D eigenvalue weighted by molar-refractivity contribution is 0.275. The van der Waals surface area contributed by atoms with Crippen LogP contribution in [-0.2, 0) is 0 Å². The average Bonchev–Trinajstić information content (AvgIpc) is 2.74. The third kappa shape index (κ3) is 2.22. The summed E-state index contributed by atoms with van der Waals surface area (Å²) in [6, 6.07) is 6.98. The summed E-state index contributed by atoms with van der Waals surface area (Å²) in [5.41, 5.74) is 9.63. The van der Waals surface area contributed by atoms with Crippen molar-refractivity contribution in [3.05, 3.63) is 23.8 Å². The molecule has 0 spiro atoms. The van der Waals surface area contributed by atoms with Crippen molar-refractivity contribution < 1.29 is 0 Å². The number of rotatable bonds is 2. The lowest BCUT2D eigenvalue weighted by Gasteiger charge is -2.29. The van der Waals surface area contributed by atoms with E-state index in [0.29, 0.717) is 12.0 Å². The molecule has 3 nitrogen and oxygen atoms in total. The van der Waals surface area contributed by atoms with Crippen LogP contribution in [-0.4, -0.2) is 9.55 Å². The van der Waals surface area contributed by atoms with Gasteiger partial charge in [-0.05, 0) is 56.2 Å². The van der Waals surface area contributed by atoms with Crippen LogP contribution in [0, 0.1) is 12.8 Å². The molecule has 3 rings (SSSR count). The first-order valence-electron chi connectivity index (χ1n) is 7.43. The Morgan fingerprint density at radius 1 is 1.26 bits per heavy atom. The minimum absolute atomic E-state index is 0.538. The molecule has 0 aliphatic heterocycles. The highest BCUT2D eigenvalue weighted by molar-refractivity contribution is 5.79. The molecule has 1 heterocycles. The summed E-state index contributed by atoms with van der Waals surface area (Å²) >= 11 is 0. The fourth-order valence-electron chi connectivity index (χ4n) is 3.42. The second-order valence-corrected chi connectivity index (χ2v) is 5.91. The number of hydrogen-bond donors (Lipinski definition) is 1. The van der Waals surface area contributed by atoms with E-state index in [0.717, 1.165) is 11.4 Å². The van der Waals surface area contributed by atoms with E-state index in [-0.39, 0.29) is 0 Å². The Balaban J connectivity index is 1.94. The van der Waals surface area contributed by atoms with Crippen LogP contribution in [0.5, 0.6) is 0 Å². The number of nitrogen functional groups attached to an aromatic ring is 1. The van der Waals surface area contributed by atoms with Gasteiger partial charge in [-0.25, -0.2) is 4.98 Å². The molecule has 3 heteroatoms. The van der Waals surface area contributed by atoms with Crippen molar-refractivity contribution in [3.63, 3.8) is 0 Å². The Morgan fingerprint density at radius 3 is 2.68 bits per heavy atom. The molecule has 1 fully saturated rings. The van der Waals surface area contributed by atoms with Crippen LogP contribution in [0.25, 0.3) is 11.0 Å². The van der Waals surface area contributed by atoms with E-state index in [1.807, 2.05) is 0 Å². The molecule has 0 amide bonds. The monoisotopic (exact) mass is 257 g/mol. The van der Waals surface area contributed by atoms with Gasteiger partial charge in [0.05, 0.1) is 11.0 Å². The fraction of sp³-hybridized carbons (Fsp3) is 0.562. The highest BCUT2D eigenvalue weighted by atomic mass is 15.2. The van der Waals surface area contributed by atoms with Gasteiger partial charge in [0.1, 0.15) is 0 Å². The third-order valence-corrected chi connectivity index (χ3v) is 4.63. The second-order valence-electron chi connectivity index (χ2n) is 5.91. The normalized spacial score (nSPS) is 23.9. The van der Waals surface area contributed by atoms with E-state index >= 15 is 0 Å². The summed E-state index contributed by atoms with van der Waals surface area (Å²) in [5, 5.41) is 0. The van der Waals surface area contributed by atoms with Crippen LogP contribution in [0.1, 0.15) is 50.6 Å². The number of fused-ring (bicyclic) bond motifs is 1. The number of imidazole rings is 1. The molecule has 0 atom stereocenters. The van der Waals surface area contributed by atoms with Crippen molar-refractivity contribution in [1.82, 2.24) is 9.55 Å². The molecule has 1 saturated carbocycles. The molecule has 2 aromatic rings. The molecule has 0 saturated heterocycles. The van der Waals surface area contributed by atoms with Gasteiger partial charge in [-0.1, -0.05) is 19.4 Å². The summed E-state index contributed by atoms with van der Waals surface area (Å²) < 4.78 is 2.26. The summed E-state index contributed by atoms with van der Waals surface area (Å²) in [5.74, 6) is 1.59. The summed E-state index contributed by atoms with van der Waals surface area (Å²) in [6.45, 7) is 4.40. The van der Waals surface area contributed by atoms with Crippen molar-refractivity contribution in [2.45, 2.75) is 52.0 Å². The standard InChI is InChI=1S/C16H23N3/c1-3-12-5-7-13(8-6-12)19-15-9-4-11(2)10-14(15)18-16(19)17/h4,9-10,12-13H,3,5-8H2,1-2H3,(H2,17,18). The highest BCUT2D eigenvalue weighted by Crippen LogP contribution is 2.37. The zero-order chi connectivity index (χ0) is 13.4. The van der Waals surface area contributed by atoms with Crippen LogP contribution >= 0.6 is 0 Å². The Labute approximate surface area is 114 Å². The SMILES string of the molecule is CCC1CCC(n2c(N)nc3cc(C)ccc32)CC1. The molecule has 2 N–H and O–H groups in total. The number of nitrogens with zero attached hydrogens (tertiary/aromatic N) is 2. The van der Waals surface area contributed by atoms with Gasteiger partial charge in [0, 0.05) is 6.04 Å². The van der Waals surface area contributed by atoms with Crippen molar-refractivity contribution in [2.24, 2.45) is 5.92 Å². The van der Waals surface area contributed by atoms with E-state index in [1.165, 1.54) is 43.2 Å². The van der Waals surface area contributed by atoms with Crippen LogP contribution in [0.15, 0.2) is 18.2 Å². The number of benzene rings is 1. The van der Waals surface area contributed by atoms with Gasteiger partial charge in [0.25, 0.3) is 0 Å². The molecule has 0 radical (unpaired) electrons. The van der Waals surface area contributed by atoms with Crippen molar-refractivity contribution in [1.29, 1.82) is 0 Å². The molecule has 1 aliphatic rings. The summed E-state index contributed by atoms with van der Waals surface area (Å²) in [7, 11) is 0. The first kappa shape index (κ1) is 12.5. The first-order valence-corrected chi connectivity index (χ1v) is 7.43. The lowest BCUT2D eigenvalue weighted by Crippen LogP contribution is -2.19. The number of nitrogens with two attached hydrogens (primary N) is 1. The lowest BCUT2D eigenvalue weighted by atomic mass is 9.84. The number of hydrogen-bond acceptors (Lipinski definition) is 2. The fourth-order valence-corrected chi connectivity index (χ4v) is 3.42. The maximum absolute atomic E-state index is 6.15. The number of aryl methyl sites for hydroxylation is 1.